The Morgan fingerprint density at radius 2 is 2.03 bits per heavy atom. The van der Waals surface area contributed by atoms with E-state index in [-0.39, 0.29) is 35.6 Å². The van der Waals surface area contributed by atoms with Crippen LogP contribution in [0.4, 0.5) is 5.82 Å². The fraction of sp³-hybridized carbons (Fsp3) is 0.227. The molecule has 0 saturated heterocycles. The Morgan fingerprint density at radius 3 is 2.79 bits per heavy atom. The highest BCUT2D eigenvalue weighted by Crippen LogP contribution is 2.21. The maximum atomic E-state index is 13.0. The number of aromatic nitrogens is 2. The number of amides is 1. The van der Waals surface area contributed by atoms with E-state index in [1.807, 2.05) is 19.1 Å². The number of rotatable bonds is 6. The van der Waals surface area contributed by atoms with Gasteiger partial charge in [-0.2, -0.15) is 0 Å². The van der Waals surface area contributed by atoms with Crippen molar-refractivity contribution in [1.82, 2.24) is 14.9 Å². The molecule has 3 N–H and O–H groups in total. The molecule has 1 saturated carbocycles. The number of nitrogens with zero attached hydrogens (tertiary/aromatic N) is 2. The summed E-state index contributed by atoms with van der Waals surface area (Å²) in [4.78, 5) is 29.5. The quantitative estimate of drug-likeness (QED) is 0.601. The van der Waals surface area contributed by atoms with Gasteiger partial charge in [0.1, 0.15) is 5.75 Å². The fourth-order valence-electron chi connectivity index (χ4n) is 3.07. The summed E-state index contributed by atoms with van der Waals surface area (Å²) >= 11 is 0. The van der Waals surface area contributed by atoms with Gasteiger partial charge in [0, 0.05) is 36.1 Å². The van der Waals surface area contributed by atoms with E-state index in [1.54, 1.807) is 36.5 Å². The van der Waals surface area contributed by atoms with Crippen LogP contribution in [0.3, 0.4) is 0 Å². The molecule has 0 radical (unpaired) electrons. The summed E-state index contributed by atoms with van der Waals surface area (Å²) in [6.45, 7) is 2.15. The first-order valence-electron chi connectivity index (χ1n) is 9.53. The van der Waals surface area contributed by atoms with Gasteiger partial charge in [-0.3, -0.25) is 14.2 Å². The first kappa shape index (κ1) is 18.7. The third-order valence-corrected chi connectivity index (χ3v) is 4.92. The average Bonchev–Trinajstić information content (AvgIpc) is 3.53. The highest BCUT2D eigenvalue weighted by molar-refractivity contribution is 5.95. The molecule has 0 unspecified atom stereocenters. The zero-order valence-electron chi connectivity index (χ0n) is 16.1. The second-order valence-electron chi connectivity index (χ2n) is 7.18. The molecule has 1 heterocycles. The molecule has 7 nitrogen and oxygen atoms in total. The molecule has 0 bridgehead atoms. The Morgan fingerprint density at radius 1 is 1.24 bits per heavy atom. The molecular weight excluding hydrogens is 368 g/mol. The third kappa shape index (κ3) is 4.13. The van der Waals surface area contributed by atoms with Gasteiger partial charge in [-0.05, 0) is 43.5 Å². The molecule has 1 fully saturated rings. The van der Waals surface area contributed by atoms with Gasteiger partial charge < -0.3 is 15.7 Å². The molecule has 1 aliphatic rings. The Hall–Kier alpha value is -3.61. The van der Waals surface area contributed by atoms with E-state index in [2.05, 4.69) is 15.6 Å². The number of carbonyl (C=O) groups excluding carboxylic acids is 1. The van der Waals surface area contributed by atoms with Gasteiger partial charge in [-0.1, -0.05) is 24.3 Å². The van der Waals surface area contributed by atoms with E-state index < -0.39 is 0 Å². The molecule has 0 aliphatic heterocycles. The van der Waals surface area contributed by atoms with Gasteiger partial charge in [-0.25, -0.2) is 4.98 Å². The van der Waals surface area contributed by atoms with Crippen LogP contribution in [0.25, 0.3) is 5.69 Å². The Balaban J connectivity index is 1.62. The van der Waals surface area contributed by atoms with Crippen molar-refractivity contribution in [1.29, 1.82) is 0 Å². The molecule has 3 aromatic rings. The van der Waals surface area contributed by atoms with Gasteiger partial charge in [0.05, 0.1) is 5.69 Å². The summed E-state index contributed by atoms with van der Waals surface area (Å²) in [5.41, 5.74) is 2.36. The molecule has 2 aromatic carbocycles. The van der Waals surface area contributed by atoms with E-state index in [0.29, 0.717) is 16.8 Å². The number of carbonyl (C=O) groups is 1. The number of benzene rings is 2. The largest absolute Gasteiger partial charge is 0.508 e. The lowest BCUT2D eigenvalue weighted by Crippen LogP contribution is -2.26. The molecule has 0 spiro atoms. The predicted octanol–water partition coefficient (Wildman–Crippen LogP) is 2.75. The smallest absolute Gasteiger partial charge is 0.297 e. The molecular formula is C22H22N4O3. The molecule has 148 valence electrons. The summed E-state index contributed by atoms with van der Waals surface area (Å²) in [6.07, 6.45) is 5.14. The maximum Gasteiger partial charge on any atom is 0.297 e. The molecule has 1 amide bonds. The Labute approximate surface area is 168 Å². The van der Waals surface area contributed by atoms with E-state index in [1.165, 1.54) is 10.8 Å². The van der Waals surface area contributed by atoms with Crippen molar-refractivity contribution in [2.24, 2.45) is 0 Å². The number of hydrogen-bond donors (Lipinski definition) is 3. The minimum Gasteiger partial charge on any atom is -0.508 e. The summed E-state index contributed by atoms with van der Waals surface area (Å²) in [7, 11) is 0. The van der Waals surface area contributed by atoms with Crippen LogP contribution in [0.15, 0.2) is 59.7 Å². The average molecular weight is 390 g/mol. The summed E-state index contributed by atoms with van der Waals surface area (Å²) < 4.78 is 1.48. The van der Waals surface area contributed by atoms with E-state index in [9.17, 15) is 14.7 Å². The van der Waals surface area contributed by atoms with Crippen molar-refractivity contribution in [2.45, 2.75) is 32.4 Å². The number of anilines is 1. The van der Waals surface area contributed by atoms with Crippen LogP contribution in [-0.4, -0.2) is 26.6 Å². The lowest BCUT2D eigenvalue weighted by atomic mass is 10.1. The summed E-state index contributed by atoms with van der Waals surface area (Å²) in [6, 6.07) is 12.5. The van der Waals surface area contributed by atoms with Gasteiger partial charge >= 0.3 is 0 Å². The Kier molecular flexibility index (Phi) is 5.03. The molecule has 0 atom stereocenters. The van der Waals surface area contributed by atoms with Gasteiger partial charge in [0.2, 0.25) is 0 Å². The second kappa shape index (κ2) is 7.79. The van der Waals surface area contributed by atoms with Crippen LogP contribution >= 0.6 is 0 Å². The number of phenols is 1. The number of hydrogen-bond acceptors (Lipinski definition) is 5. The normalized spacial score (nSPS) is 13.1. The van der Waals surface area contributed by atoms with E-state index >= 15 is 0 Å². The SMILES string of the molecule is Cc1ccc(C(=O)NC2CC2)cc1-n1ccnc(NCc2ccccc2O)c1=O. The van der Waals surface area contributed by atoms with Crippen LogP contribution < -0.4 is 16.2 Å². The van der Waals surface area contributed by atoms with Crippen molar-refractivity contribution in [2.75, 3.05) is 5.32 Å². The van der Waals surface area contributed by atoms with Crippen LogP contribution in [0.5, 0.6) is 5.75 Å². The number of phenolic OH excluding ortho intramolecular Hbond substituents is 1. The first-order valence-corrected chi connectivity index (χ1v) is 9.53. The minimum absolute atomic E-state index is 0.131. The van der Waals surface area contributed by atoms with Crippen molar-refractivity contribution in [3.05, 3.63) is 81.9 Å². The lowest BCUT2D eigenvalue weighted by Gasteiger charge is -2.13. The number of aryl methyl sites for hydroxylation is 1. The van der Waals surface area contributed by atoms with Crippen molar-refractivity contribution >= 4 is 11.7 Å². The second-order valence-corrected chi connectivity index (χ2v) is 7.18. The van der Waals surface area contributed by atoms with Gasteiger partial charge in [0.15, 0.2) is 5.82 Å². The third-order valence-electron chi connectivity index (χ3n) is 4.92. The van der Waals surface area contributed by atoms with Crippen molar-refractivity contribution in [3.63, 3.8) is 0 Å². The predicted molar refractivity (Wildman–Crippen MR) is 110 cm³/mol. The van der Waals surface area contributed by atoms with Crippen LogP contribution in [0, 0.1) is 6.92 Å². The molecule has 1 aliphatic carbocycles. The van der Waals surface area contributed by atoms with E-state index in [0.717, 1.165) is 18.4 Å². The molecule has 7 heteroatoms. The minimum atomic E-state index is -0.328. The standard InChI is InChI=1S/C22H22N4O3/c1-14-6-7-15(21(28)25-17-8-9-17)12-18(14)26-11-10-23-20(22(26)29)24-13-16-4-2-3-5-19(16)27/h2-7,10-12,17,27H,8-9,13H2,1H3,(H,23,24)(H,25,28). The Bertz CT molecular complexity index is 1120. The topological polar surface area (TPSA) is 96.2 Å². The monoisotopic (exact) mass is 390 g/mol. The fourth-order valence-corrected chi connectivity index (χ4v) is 3.07. The van der Waals surface area contributed by atoms with Crippen molar-refractivity contribution < 1.29 is 9.90 Å². The zero-order chi connectivity index (χ0) is 20.4. The summed E-state index contributed by atoms with van der Waals surface area (Å²) in [5.74, 6) is 0.193. The number of nitrogens with one attached hydrogen (secondary N) is 2. The van der Waals surface area contributed by atoms with Gasteiger partial charge in [0.25, 0.3) is 11.5 Å². The highest BCUT2D eigenvalue weighted by Gasteiger charge is 2.24. The van der Waals surface area contributed by atoms with Crippen LogP contribution in [0.2, 0.25) is 0 Å². The number of para-hydroxylation sites is 1. The number of aromatic hydroxyl groups is 1. The summed E-state index contributed by atoms with van der Waals surface area (Å²) in [5, 5.41) is 15.8. The lowest BCUT2D eigenvalue weighted by molar-refractivity contribution is 0.0951. The molecule has 4 rings (SSSR count). The first-order chi connectivity index (χ1) is 14.0. The maximum absolute atomic E-state index is 13.0. The molecule has 1 aromatic heterocycles. The highest BCUT2D eigenvalue weighted by atomic mass is 16.3. The molecule has 29 heavy (non-hydrogen) atoms. The van der Waals surface area contributed by atoms with E-state index in [4.69, 9.17) is 0 Å². The zero-order valence-corrected chi connectivity index (χ0v) is 16.1. The van der Waals surface area contributed by atoms with Crippen molar-refractivity contribution in [3.8, 4) is 11.4 Å². The van der Waals surface area contributed by atoms with Crippen LogP contribution in [0.1, 0.15) is 34.3 Å². The van der Waals surface area contributed by atoms with Crippen LogP contribution in [-0.2, 0) is 6.54 Å². The van der Waals surface area contributed by atoms with Gasteiger partial charge in [-0.15, -0.1) is 0 Å².